The van der Waals surface area contributed by atoms with Gasteiger partial charge in [-0.15, -0.1) is 0 Å². The predicted molar refractivity (Wildman–Crippen MR) is 72.1 cm³/mol. The Labute approximate surface area is 108 Å². The number of carbonyl (C=O) groups excluding carboxylic acids is 2. The molecular weight excluding hydrogens is 228 g/mol. The van der Waals surface area contributed by atoms with Crippen LogP contribution < -0.4 is 10.6 Å². The van der Waals surface area contributed by atoms with Crippen molar-refractivity contribution in [1.29, 1.82) is 0 Å². The van der Waals surface area contributed by atoms with E-state index in [4.69, 9.17) is 0 Å². The third-order valence-corrected chi connectivity index (χ3v) is 2.59. The maximum atomic E-state index is 12.1. The van der Waals surface area contributed by atoms with E-state index < -0.39 is 5.41 Å². The number of para-hydroxylation sites is 1. The molecule has 0 saturated carbocycles. The number of anilines is 1. The molecule has 0 unspecified atom stereocenters. The lowest BCUT2D eigenvalue weighted by molar-refractivity contribution is -0.138. The standard InChI is InChI=1S/C14H20N2O2/c1-10(2)15-12(17)14(3,4)13(18)16-11-8-6-5-7-9-11/h5-10H,1-4H3,(H,15,17)(H,16,18). The highest BCUT2D eigenvalue weighted by Crippen LogP contribution is 2.19. The summed E-state index contributed by atoms with van der Waals surface area (Å²) >= 11 is 0. The summed E-state index contributed by atoms with van der Waals surface area (Å²) in [6.07, 6.45) is 0. The van der Waals surface area contributed by atoms with Gasteiger partial charge in [-0.25, -0.2) is 0 Å². The molecule has 0 aliphatic carbocycles. The van der Waals surface area contributed by atoms with Gasteiger partial charge in [-0.2, -0.15) is 0 Å². The minimum Gasteiger partial charge on any atom is -0.353 e. The molecule has 0 radical (unpaired) electrons. The average molecular weight is 248 g/mol. The van der Waals surface area contributed by atoms with Crippen molar-refractivity contribution in [2.75, 3.05) is 5.32 Å². The Kier molecular flexibility index (Phi) is 4.48. The zero-order valence-corrected chi connectivity index (χ0v) is 11.3. The van der Waals surface area contributed by atoms with Crippen LogP contribution in [0, 0.1) is 5.41 Å². The monoisotopic (exact) mass is 248 g/mol. The van der Waals surface area contributed by atoms with Gasteiger partial charge in [-0.3, -0.25) is 9.59 Å². The molecule has 0 aromatic heterocycles. The summed E-state index contributed by atoms with van der Waals surface area (Å²) in [5.41, 5.74) is -0.409. The van der Waals surface area contributed by atoms with Gasteiger partial charge >= 0.3 is 0 Å². The van der Waals surface area contributed by atoms with Crippen molar-refractivity contribution >= 4 is 17.5 Å². The number of benzene rings is 1. The molecule has 1 aromatic carbocycles. The Balaban J connectivity index is 2.73. The van der Waals surface area contributed by atoms with Crippen LogP contribution in [0.2, 0.25) is 0 Å². The number of hydrogen-bond donors (Lipinski definition) is 2. The second-order valence-corrected chi connectivity index (χ2v) is 5.07. The van der Waals surface area contributed by atoms with Crippen LogP contribution in [0.15, 0.2) is 30.3 Å². The zero-order valence-electron chi connectivity index (χ0n) is 11.3. The van der Waals surface area contributed by atoms with Gasteiger partial charge in [0, 0.05) is 11.7 Å². The highest BCUT2D eigenvalue weighted by Gasteiger charge is 2.36. The van der Waals surface area contributed by atoms with Gasteiger partial charge in [-0.05, 0) is 39.8 Å². The van der Waals surface area contributed by atoms with Crippen LogP contribution >= 0.6 is 0 Å². The third kappa shape index (κ3) is 3.58. The molecule has 0 bridgehead atoms. The maximum Gasteiger partial charge on any atom is 0.239 e. The van der Waals surface area contributed by atoms with Crippen LogP contribution in [0.1, 0.15) is 27.7 Å². The lowest BCUT2D eigenvalue weighted by Crippen LogP contribution is -2.47. The quantitative estimate of drug-likeness (QED) is 0.802. The minimum absolute atomic E-state index is 0.0151. The molecule has 4 nitrogen and oxygen atoms in total. The Morgan fingerprint density at radius 2 is 1.61 bits per heavy atom. The first-order chi connectivity index (χ1) is 8.34. The molecule has 0 saturated heterocycles. The van der Waals surface area contributed by atoms with Gasteiger partial charge in [0.15, 0.2) is 0 Å². The van der Waals surface area contributed by atoms with E-state index in [1.807, 2.05) is 32.0 Å². The summed E-state index contributed by atoms with van der Waals surface area (Å²) in [6.45, 7) is 6.96. The molecule has 2 N–H and O–H groups in total. The lowest BCUT2D eigenvalue weighted by atomic mass is 9.90. The van der Waals surface area contributed by atoms with Gasteiger partial charge in [0.2, 0.25) is 11.8 Å². The lowest BCUT2D eigenvalue weighted by Gasteiger charge is -2.24. The summed E-state index contributed by atoms with van der Waals surface area (Å²) in [6, 6.07) is 9.11. The van der Waals surface area contributed by atoms with E-state index in [2.05, 4.69) is 10.6 Å². The van der Waals surface area contributed by atoms with Crippen molar-refractivity contribution in [2.24, 2.45) is 5.41 Å². The van der Waals surface area contributed by atoms with Crippen LogP contribution in [0.3, 0.4) is 0 Å². The minimum atomic E-state index is -1.10. The Bertz CT molecular complexity index is 425. The molecule has 0 atom stereocenters. The first-order valence-electron chi connectivity index (χ1n) is 6.01. The van der Waals surface area contributed by atoms with Gasteiger partial charge in [0.05, 0.1) is 0 Å². The molecule has 4 heteroatoms. The Hall–Kier alpha value is -1.84. The van der Waals surface area contributed by atoms with Gasteiger partial charge in [-0.1, -0.05) is 18.2 Å². The fourth-order valence-electron chi connectivity index (χ4n) is 1.35. The molecule has 0 fully saturated rings. The van der Waals surface area contributed by atoms with E-state index in [1.165, 1.54) is 0 Å². The van der Waals surface area contributed by atoms with Crippen molar-refractivity contribution in [3.8, 4) is 0 Å². The molecule has 1 rings (SSSR count). The van der Waals surface area contributed by atoms with E-state index in [1.54, 1.807) is 26.0 Å². The van der Waals surface area contributed by atoms with Crippen LogP contribution in [0.4, 0.5) is 5.69 Å². The topological polar surface area (TPSA) is 58.2 Å². The number of nitrogens with one attached hydrogen (secondary N) is 2. The maximum absolute atomic E-state index is 12.1. The van der Waals surface area contributed by atoms with Crippen LogP contribution in [0.5, 0.6) is 0 Å². The summed E-state index contributed by atoms with van der Waals surface area (Å²) in [5.74, 6) is -0.585. The molecule has 0 spiro atoms. The highest BCUT2D eigenvalue weighted by atomic mass is 16.2. The normalized spacial score (nSPS) is 11.2. The molecule has 0 aliphatic rings. The number of rotatable bonds is 4. The number of carbonyl (C=O) groups is 2. The number of hydrogen-bond acceptors (Lipinski definition) is 2. The van der Waals surface area contributed by atoms with Crippen molar-refractivity contribution in [3.63, 3.8) is 0 Å². The smallest absolute Gasteiger partial charge is 0.239 e. The van der Waals surface area contributed by atoms with Crippen molar-refractivity contribution in [1.82, 2.24) is 5.32 Å². The van der Waals surface area contributed by atoms with E-state index in [0.717, 1.165) is 0 Å². The molecule has 98 valence electrons. The van der Waals surface area contributed by atoms with Crippen LogP contribution in [0.25, 0.3) is 0 Å². The number of amides is 2. The van der Waals surface area contributed by atoms with Crippen molar-refractivity contribution in [3.05, 3.63) is 30.3 Å². The van der Waals surface area contributed by atoms with Gasteiger partial charge < -0.3 is 10.6 Å². The van der Waals surface area contributed by atoms with Gasteiger partial charge in [0.1, 0.15) is 5.41 Å². The van der Waals surface area contributed by atoms with Crippen molar-refractivity contribution in [2.45, 2.75) is 33.7 Å². The summed E-state index contributed by atoms with van der Waals surface area (Å²) in [5, 5.41) is 5.49. The third-order valence-electron chi connectivity index (χ3n) is 2.59. The summed E-state index contributed by atoms with van der Waals surface area (Å²) in [7, 11) is 0. The van der Waals surface area contributed by atoms with Gasteiger partial charge in [0.25, 0.3) is 0 Å². The molecule has 1 aromatic rings. The molecule has 0 heterocycles. The van der Waals surface area contributed by atoms with E-state index in [9.17, 15) is 9.59 Å². The molecule has 18 heavy (non-hydrogen) atoms. The summed E-state index contributed by atoms with van der Waals surface area (Å²) in [4.78, 5) is 24.0. The fraction of sp³-hybridized carbons (Fsp3) is 0.429. The second kappa shape index (κ2) is 5.67. The molecule has 0 aliphatic heterocycles. The molecular formula is C14H20N2O2. The zero-order chi connectivity index (χ0) is 13.8. The van der Waals surface area contributed by atoms with E-state index in [0.29, 0.717) is 5.69 Å². The van der Waals surface area contributed by atoms with Crippen molar-refractivity contribution < 1.29 is 9.59 Å². The van der Waals surface area contributed by atoms with Crippen LogP contribution in [-0.2, 0) is 9.59 Å². The van der Waals surface area contributed by atoms with E-state index in [-0.39, 0.29) is 17.9 Å². The first kappa shape index (κ1) is 14.2. The highest BCUT2D eigenvalue weighted by molar-refractivity contribution is 6.09. The first-order valence-corrected chi connectivity index (χ1v) is 6.01. The second-order valence-electron chi connectivity index (χ2n) is 5.07. The largest absolute Gasteiger partial charge is 0.353 e. The predicted octanol–water partition coefficient (Wildman–Crippen LogP) is 2.18. The Morgan fingerprint density at radius 1 is 1.06 bits per heavy atom. The van der Waals surface area contributed by atoms with E-state index >= 15 is 0 Å². The average Bonchev–Trinajstić information content (AvgIpc) is 2.29. The Morgan fingerprint density at radius 3 is 2.11 bits per heavy atom. The van der Waals surface area contributed by atoms with Crippen LogP contribution in [-0.4, -0.2) is 17.9 Å². The summed E-state index contributed by atoms with van der Waals surface area (Å²) < 4.78 is 0. The fourth-order valence-corrected chi connectivity index (χ4v) is 1.35. The SMILES string of the molecule is CC(C)NC(=O)C(C)(C)C(=O)Nc1ccccc1. The molecule has 2 amide bonds.